The predicted molar refractivity (Wildman–Crippen MR) is 60.4 cm³/mol. The number of hydrogen-bond acceptors (Lipinski definition) is 2. The Kier molecular flexibility index (Phi) is 5.76. The molecule has 0 aromatic rings. The molecule has 4 heteroatoms. The van der Waals surface area contributed by atoms with Gasteiger partial charge in [0.05, 0.1) is 6.07 Å². The Morgan fingerprint density at radius 2 is 1.73 bits per heavy atom. The zero-order valence-corrected chi connectivity index (χ0v) is 10.1. The van der Waals surface area contributed by atoms with Crippen molar-refractivity contribution in [1.82, 2.24) is 10.2 Å². The number of carbonyl (C=O) groups is 1. The Balaban J connectivity index is 4.56. The summed E-state index contributed by atoms with van der Waals surface area (Å²) in [5, 5.41) is 11.9. The van der Waals surface area contributed by atoms with Gasteiger partial charge in [-0.1, -0.05) is 13.8 Å². The molecule has 1 N–H and O–H groups in total. The summed E-state index contributed by atoms with van der Waals surface area (Å²) in [7, 11) is 0. The number of carbonyl (C=O) groups excluding carboxylic acids is 1. The molecule has 0 rings (SSSR count). The molecule has 0 spiro atoms. The average Bonchev–Trinajstić information content (AvgIpc) is 2.28. The van der Waals surface area contributed by atoms with E-state index in [1.54, 1.807) is 4.90 Å². The molecule has 0 saturated carbocycles. The van der Waals surface area contributed by atoms with E-state index in [1.165, 1.54) is 0 Å². The van der Waals surface area contributed by atoms with Crippen molar-refractivity contribution in [2.24, 2.45) is 0 Å². The second-order valence-electron chi connectivity index (χ2n) is 3.50. The molecule has 0 fully saturated rings. The zero-order chi connectivity index (χ0) is 11.9. The summed E-state index contributed by atoms with van der Waals surface area (Å²) in [6.07, 6.45) is 1.26. The van der Waals surface area contributed by atoms with Crippen LogP contribution in [0, 0.1) is 11.3 Å². The molecule has 0 atom stereocenters. The fourth-order valence-corrected chi connectivity index (χ4v) is 1.41. The van der Waals surface area contributed by atoms with Crippen LogP contribution in [-0.4, -0.2) is 29.6 Å². The molecule has 0 radical (unpaired) electrons. The maximum absolute atomic E-state index is 11.8. The van der Waals surface area contributed by atoms with Crippen molar-refractivity contribution >= 4 is 6.03 Å². The lowest BCUT2D eigenvalue weighted by Gasteiger charge is -2.29. The van der Waals surface area contributed by atoms with Crippen molar-refractivity contribution in [2.75, 3.05) is 13.1 Å². The lowest BCUT2D eigenvalue weighted by molar-refractivity contribution is 0.192. The number of nitrogens with zero attached hydrogens (tertiary/aromatic N) is 2. The first-order chi connectivity index (χ1) is 7.09. The molecule has 4 nitrogen and oxygen atoms in total. The summed E-state index contributed by atoms with van der Waals surface area (Å²) in [4.78, 5) is 13.4. The number of urea groups is 1. The summed E-state index contributed by atoms with van der Waals surface area (Å²) >= 11 is 0. The van der Waals surface area contributed by atoms with Gasteiger partial charge in [0.2, 0.25) is 0 Å². The van der Waals surface area contributed by atoms with Gasteiger partial charge in [-0.15, -0.1) is 0 Å². The minimum absolute atomic E-state index is 0.148. The minimum Gasteiger partial charge on any atom is -0.325 e. The quantitative estimate of drug-likeness (QED) is 0.757. The van der Waals surface area contributed by atoms with Gasteiger partial charge in [0.25, 0.3) is 0 Å². The van der Waals surface area contributed by atoms with Crippen LogP contribution in [0.25, 0.3) is 0 Å². The number of hydrogen-bond donors (Lipinski definition) is 1. The largest absolute Gasteiger partial charge is 0.325 e. The van der Waals surface area contributed by atoms with Crippen molar-refractivity contribution in [1.29, 1.82) is 5.26 Å². The van der Waals surface area contributed by atoms with Gasteiger partial charge in [-0.3, -0.25) is 0 Å². The van der Waals surface area contributed by atoms with Gasteiger partial charge in [-0.2, -0.15) is 5.26 Å². The zero-order valence-electron chi connectivity index (χ0n) is 10.1. The summed E-state index contributed by atoms with van der Waals surface area (Å²) in [5.74, 6) is 0. The van der Waals surface area contributed by atoms with E-state index in [1.807, 2.05) is 27.7 Å². The summed E-state index contributed by atoms with van der Waals surface area (Å²) in [6, 6.07) is 2.04. The molecule has 0 aliphatic carbocycles. The highest BCUT2D eigenvalue weighted by Gasteiger charge is 2.28. The third kappa shape index (κ3) is 3.43. The molecule has 0 aromatic carbocycles. The first-order valence-corrected chi connectivity index (χ1v) is 5.57. The standard InChI is InChI=1S/C11H21N3O/c1-5-11(6-2,9-12)13-10(15)14(7-3)8-4/h5-8H2,1-4H3,(H,13,15). The number of amides is 2. The fourth-order valence-electron chi connectivity index (χ4n) is 1.41. The highest BCUT2D eigenvalue weighted by atomic mass is 16.2. The van der Waals surface area contributed by atoms with Crippen LogP contribution in [0.15, 0.2) is 0 Å². The van der Waals surface area contributed by atoms with E-state index in [0.717, 1.165) is 0 Å². The molecule has 0 saturated heterocycles. The highest BCUT2D eigenvalue weighted by molar-refractivity contribution is 5.75. The Hall–Kier alpha value is -1.24. The lowest BCUT2D eigenvalue weighted by Crippen LogP contribution is -2.52. The first-order valence-electron chi connectivity index (χ1n) is 5.57. The van der Waals surface area contributed by atoms with E-state index in [-0.39, 0.29) is 6.03 Å². The van der Waals surface area contributed by atoms with Crippen molar-refractivity contribution in [3.63, 3.8) is 0 Å². The molecule has 15 heavy (non-hydrogen) atoms. The highest BCUT2D eigenvalue weighted by Crippen LogP contribution is 2.14. The Morgan fingerprint density at radius 1 is 1.27 bits per heavy atom. The molecule has 0 aliphatic heterocycles. The second-order valence-corrected chi connectivity index (χ2v) is 3.50. The van der Waals surface area contributed by atoms with Gasteiger partial charge in [-0.05, 0) is 26.7 Å². The maximum Gasteiger partial charge on any atom is 0.318 e. The minimum atomic E-state index is -0.709. The molecule has 2 amide bonds. The first kappa shape index (κ1) is 13.8. The van der Waals surface area contributed by atoms with Gasteiger partial charge in [0.15, 0.2) is 0 Å². The normalized spacial score (nSPS) is 10.6. The number of nitriles is 1. The van der Waals surface area contributed by atoms with Crippen molar-refractivity contribution in [3.05, 3.63) is 0 Å². The molecular weight excluding hydrogens is 190 g/mol. The monoisotopic (exact) mass is 211 g/mol. The van der Waals surface area contributed by atoms with Crippen LogP contribution in [0.5, 0.6) is 0 Å². The smallest absolute Gasteiger partial charge is 0.318 e. The van der Waals surface area contributed by atoms with Crippen molar-refractivity contribution in [2.45, 2.75) is 46.1 Å². The predicted octanol–water partition coefficient (Wildman–Crippen LogP) is 2.12. The summed E-state index contributed by atoms with van der Waals surface area (Å²) in [6.45, 7) is 9.00. The fraction of sp³-hybridized carbons (Fsp3) is 0.818. The average molecular weight is 211 g/mol. The molecule has 0 aromatic heterocycles. The Morgan fingerprint density at radius 3 is 2.00 bits per heavy atom. The second kappa shape index (κ2) is 6.28. The molecule has 0 aliphatic rings. The van der Waals surface area contributed by atoms with E-state index in [9.17, 15) is 4.79 Å². The van der Waals surface area contributed by atoms with E-state index in [0.29, 0.717) is 25.9 Å². The van der Waals surface area contributed by atoms with Crippen LogP contribution in [-0.2, 0) is 0 Å². The van der Waals surface area contributed by atoms with Crippen LogP contribution in [0.4, 0.5) is 4.79 Å². The van der Waals surface area contributed by atoms with E-state index < -0.39 is 5.54 Å². The maximum atomic E-state index is 11.8. The van der Waals surface area contributed by atoms with Crippen LogP contribution in [0.2, 0.25) is 0 Å². The molecule has 86 valence electrons. The third-order valence-corrected chi connectivity index (χ3v) is 2.82. The van der Waals surface area contributed by atoms with E-state index in [2.05, 4.69) is 11.4 Å². The molecular formula is C11H21N3O. The number of nitrogens with one attached hydrogen (secondary N) is 1. The van der Waals surface area contributed by atoms with E-state index in [4.69, 9.17) is 5.26 Å². The van der Waals surface area contributed by atoms with Gasteiger partial charge >= 0.3 is 6.03 Å². The molecule has 0 heterocycles. The summed E-state index contributed by atoms with van der Waals surface area (Å²) in [5.41, 5.74) is -0.709. The van der Waals surface area contributed by atoms with Gasteiger partial charge in [0.1, 0.15) is 5.54 Å². The third-order valence-electron chi connectivity index (χ3n) is 2.82. The van der Waals surface area contributed by atoms with E-state index >= 15 is 0 Å². The van der Waals surface area contributed by atoms with Crippen LogP contribution in [0.1, 0.15) is 40.5 Å². The van der Waals surface area contributed by atoms with Gasteiger partial charge in [0, 0.05) is 13.1 Å². The van der Waals surface area contributed by atoms with Crippen LogP contribution < -0.4 is 5.32 Å². The van der Waals surface area contributed by atoms with Gasteiger partial charge < -0.3 is 10.2 Å². The van der Waals surface area contributed by atoms with Crippen LogP contribution in [0.3, 0.4) is 0 Å². The van der Waals surface area contributed by atoms with Crippen LogP contribution >= 0.6 is 0 Å². The molecule has 0 unspecified atom stereocenters. The Labute approximate surface area is 92.3 Å². The van der Waals surface area contributed by atoms with Crippen molar-refractivity contribution in [3.8, 4) is 6.07 Å². The van der Waals surface area contributed by atoms with Crippen molar-refractivity contribution < 1.29 is 4.79 Å². The lowest BCUT2D eigenvalue weighted by atomic mass is 9.95. The summed E-state index contributed by atoms with van der Waals surface area (Å²) < 4.78 is 0. The van der Waals surface area contributed by atoms with Gasteiger partial charge in [-0.25, -0.2) is 4.79 Å². The molecule has 0 bridgehead atoms. The SMILES string of the molecule is CCN(CC)C(=O)NC(C#N)(CC)CC. The number of rotatable bonds is 5. The topological polar surface area (TPSA) is 56.1 Å². The Bertz CT molecular complexity index is 237.